The van der Waals surface area contributed by atoms with Crippen LogP contribution in [-0.4, -0.2) is 17.9 Å². The fourth-order valence-corrected chi connectivity index (χ4v) is 2.58. The van der Waals surface area contributed by atoms with Gasteiger partial charge in [0.25, 0.3) is 0 Å². The van der Waals surface area contributed by atoms with Gasteiger partial charge in [0.15, 0.2) is 5.78 Å². The zero-order chi connectivity index (χ0) is 16.4. The number of ether oxygens (including phenoxy) is 2. The van der Waals surface area contributed by atoms with Crippen molar-refractivity contribution in [3.8, 4) is 17.2 Å². The molecule has 0 bridgehead atoms. The van der Waals surface area contributed by atoms with E-state index >= 15 is 0 Å². The van der Waals surface area contributed by atoms with Crippen molar-refractivity contribution in [2.75, 3.05) is 7.11 Å². The van der Waals surface area contributed by atoms with E-state index < -0.39 is 0 Å². The Hall–Kier alpha value is -2.88. The molecule has 0 aliphatic carbocycles. The average Bonchev–Trinajstić information content (AvgIpc) is 2.55. The number of carbonyl (C=O) groups is 1. The lowest BCUT2D eigenvalue weighted by molar-refractivity contribution is 0.101. The van der Waals surface area contributed by atoms with Gasteiger partial charge in [0.05, 0.1) is 23.9 Å². The molecule has 1 aromatic heterocycles. The molecule has 0 saturated carbocycles. The maximum absolute atomic E-state index is 12.1. The minimum atomic E-state index is -0.0655. The van der Waals surface area contributed by atoms with E-state index in [1.807, 2.05) is 55.5 Å². The number of ketones is 1. The number of aryl methyl sites for hydroxylation is 1. The first-order valence-electron chi connectivity index (χ1n) is 7.32. The van der Waals surface area contributed by atoms with Crippen LogP contribution in [0.4, 0.5) is 0 Å². The van der Waals surface area contributed by atoms with Crippen molar-refractivity contribution < 1.29 is 14.3 Å². The molecule has 0 aliphatic rings. The van der Waals surface area contributed by atoms with Gasteiger partial charge in [0.2, 0.25) is 0 Å². The Morgan fingerprint density at radius 2 is 1.65 bits per heavy atom. The van der Waals surface area contributed by atoms with Crippen LogP contribution in [0, 0.1) is 6.92 Å². The number of hydrogen-bond donors (Lipinski definition) is 0. The first-order valence-corrected chi connectivity index (χ1v) is 7.32. The maximum atomic E-state index is 12.1. The van der Waals surface area contributed by atoms with Crippen LogP contribution in [0.25, 0.3) is 10.9 Å². The summed E-state index contributed by atoms with van der Waals surface area (Å²) in [6, 6.07) is 14.9. The summed E-state index contributed by atoms with van der Waals surface area (Å²) < 4.78 is 11.2. The fourth-order valence-electron chi connectivity index (χ4n) is 2.58. The highest BCUT2D eigenvalue weighted by molar-refractivity contribution is 6.03. The highest BCUT2D eigenvalue weighted by Crippen LogP contribution is 2.35. The van der Waals surface area contributed by atoms with Gasteiger partial charge in [-0.25, -0.2) is 0 Å². The summed E-state index contributed by atoms with van der Waals surface area (Å²) in [6.07, 6.45) is 0. The van der Waals surface area contributed by atoms with E-state index in [1.165, 1.54) is 6.92 Å². The van der Waals surface area contributed by atoms with Gasteiger partial charge in [-0.05, 0) is 50.2 Å². The van der Waals surface area contributed by atoms with E-state index in [0.717, 1.165) is 16.7 Å². The topological polar surface area (TPSA) is 48.4 Å². The number of aromatic nitrogens is 1. The van der Waals surface area contributed by atoms with Crippen LogP contribution >= 0.6 is 0 Å². The van der Waals surface area contributed by atoms with Crippen LogP contribution in [-0.2, 0) is 0 Å². The molecule has 0 atom stereocenters. The quantitative estimate of drug-likeness (QED) is 0.664. The van der Waals surface area contributed by atoms with Crippen LogP contribution in [0.5, 0.6) is 17.2 Å². The summed E-state index contributed by atoms with van der Waals surface area (Å²) in [4.78, 5) is 16.6. The Morgan fingerprint density at radius 3 is 2.30 bits per heavy atom. The molecule has 4 nitrogen and oxygen atoms in total. The van der Waals surface area contributed by atoms with Crippen LogP contribution in [0.1, 0.15) is 23.0 Å². The number of benzene rings is 2. The molecule has 1 heterocycles. The smallest absolute Gasteiger partial charge is 0.165 e. The Labute approximate surface area is 134 Å². The van der Waals surface area contributed by atoms with Crippen molar-refractivity contribution in [3.63, 3.8) is 0 Å². The third-order valence-corrected chi connectivity index (χ3v) is 3.66. The summed E-state index contributed by atoms with van der Waals surface area (Å²) >= 11 is 0. The summed E-state index contributed by atoms with van der Waals surface area (Å²) in [5.74, 6) is 1.87. The van der Waals surface area contributed by atoms with Crippen molar-refractivity contribution in [1.29, 1.82) is 0 Å². The zero-order valence-corrected chi connectivity index (χ0v) is 13.3. The molecule has 0 N–H and O–H groups in total. The lowest BCUT2D eigenvalue weighted by Crippen LogP contribution is -2.03. The molecule has 2 aromatic carbocycles. The molecule has 0 aliphatic heterocycles. The SMILES string of the molecule is COc1ccc(Oc2c(C(C)=O)c(C)nc3ccccc23)cc1. The van der Waals surface area contributed by atoms with Crippen molar-refractivity contribution in [2.24, 2.45) is 0 Å². The molecule has 3 rings (SSSR count). The lowest BCUT2D eigenvalue weighted by atomic mass is 10.0. The Morgan fingerprint density at radius 1 is 1.00 bits per heavy atom. The third-order valence-electron chi connectivity index (χ3n) is 3.66. The first kappa shape index (κ1) is 15.0. The van der Waals surface area contributed by atoms with E-state index in [-0.39, 0.29) is 5.78 Å². The number of fused-ring (bicyclic) bond motifs is 1. The lowest BCUT2D eigenvalue weighted by Gasteiger charge is -2.14. The fraction of sp³-hybridized carbons (Fsp3) is 0.158. The van der Waals surface area contributed by atoms with Crippen molar-refractivity contribution in [1.82, 2.24) is 4.98 Å². The predicted molar refractivity (Wildman–Crippen MR) is 89.6 cm³/mol. The van der Waals surface area contributed by atoms with Crippen molar-refractivity contribution in [2.45, 2.75) is 13.8 Å². The molecule has 3 aromatic rings. The van der Waals surface area contributed by atoms with Gasteiger partial charge >= 0.3 is 0 Å². The minimum absolute atomic E-state index is 0.0655. The van der Waals surface area contributed by atoms with E-state index in [2.05, 4.69) is 4.98 Å². The summed E-state index contributed by atoms with van der Waals surface area (Å²) in [7, 11) is 1.61. The van der Waals surface area contributed by atoms with E-state index in [9.17, 15) is 4.79 Å². The Kier molecular flexibility index (Phi) is 3.98. The zero-order valence-electron chi connectivity index (χ0n) is 13.3. The number of hydrogen-bond acceptors (Lipinski definition) is 4. The second kappa shape index (κ2) is 6.08. The van der Waals surface area contributed by atoms with Gasteiger partial charge in [-0.1, -0.05) is 12.1 Å². The standard InChI is InChI=1S/C19H17NO3/c1-12-18(13(2)21)19(16-6-4-5-7-17(16)20-12)23-15-10-8-14(22-3)9-11-15/h4-11H,1-3H3. The molecule has 116 valence electrons. The van der Waals surface area contributed by atoms with Crippen LogP contribution in [0.2, 0.25) is 0 Å². The number of carbonyl (C=O) groups excluding carboxylic acids is 1. The van der Waals surface area contributed by atoms with Gasteiger partial charge in [0, 0.05) is 5.39 Å². The monoisotopic (exact) mass is 307 g/mol. The molecular formula is C19H17NO3. The van der Waals surface area contributed by atoms with E-state index in [1.54, 1.807) is 7.11 Å². The second-order valence-corrected chi connectivity index (χ2v) is 5.25. The maximum Gasteiger partial charge on any atom is 0.165 e. The molecule has 0 fully saturated rings. The number of pyridine rings is 1. The Balaban J connectivity index is 2.16. The summed E-state index contributed by atoms with van der Waals surface area (Å²) in [5, 5.41) is 0.819. The summed E-state index contributed by atoms with van der Waals surface area (Å²) in [5.41, 5.74) is 1.98. The second-order valence-electron chi connectivity index (χ2n) is 5.25. The number of Topliss-reactive ketones (excluding diaryl/α,β-unsaturated/α-hetero) is 1. The van der Waals surface area contributed by atoms with Gasteiger partial charge in [-0.2, -0.15) is 0 Å². The highest BCUT2D eigenvalue weighted by Gasteiger charge is 2.18. The Bertz CT molecular complexity index is 870. The number of methoxy groups -OCH3 is 1. The molecular weight excluding hydrogens is 290 g/mol. The molecule has 4 heteroatoms. The molecule has 0 amide bonds. The predicted octanol–water partition coefficient (Wildman–Crippen LogP) is 4.55. The molecule has 23 heavy (non-hydrogen) atoms. The van der Waals surface area contributed by atoms with Gasteiger partial charge in [-0.15, -0.1) is 0 Å². The van der Waals surface area contributed by atoms with Crippen LogP contribution in [0.3, 0.4) is 0 Å². The number of para-hydroxylation sites is 1. The first-order chi connectivity index (χ1) is 11.1. The molecule has 0 spiro atoms. The van der Waals surface area contributed by atoms with Crippen molar-refractivity contribution in [3.05, 3.63) is 59.8 Å². The molecule has 0 unspecified atom stereocenters. The molecule has 0 saturated heterocycles. The van der Waals surface area contributed by atoms with Crippen LogP contribution < -0.4 is 9.47 Å². The number of nitrogens with zero attached hydrogens (tertiary/aromatic N) is 1. The van der Waals surface area contributed by atoms with E-state index in [4.69, 9.17) is 9.47 Å². The van der Waals surface area contributed by atoms with Gasteiger partial charge in [0.1, 0.15) is 17.2 Å². The third kappa shape index (κ3) is 2.88. The van der Waals surface area contributed by atoms with Gasteiger partial charge in [-0.3, -0.25) is 9.78 Å². The largest absolute Gasteiger partial charge is 0.497 e. The average molecular weight is 307 g/mol. The normalized spacial score (nSPS) is 10.6. The molecule has 0 radical (unpaired) electrons. The number of rotatable bonds is 4. The van der Waals surface area contributed by atoms with Gasteiger partial charge < -0.3 is 9.47 Å². The van der Waals surface area contributed by atoms with Crippen LogP contribution in [0.15, 0.2) is 48.5 Å². The van der Waals surface area contributed by atoms with Crippen molar-refractivity contribution >= 4 is 16.7 Å². The highest BCUT2D eigenvalue weighted by atomic mass is 16.5. The summed E-state index contributed by atoms with van der Waals surface area (Å²) in [6.45, 7) is 3.35. The van der Waals surface area contributed by atoms with E-state index in [0.29, 0.717) is 22.8 Å². The minimum Gasteiger partial charge on any atom is -0.497 e.